The van der Waals surface area contributed by atoms with Gasteiger partial charge >= 0.3 is 0 Å². The van der Waals surface area contributed by atoms with Gasteiger partial charge in [0.1, 0.15) is 0 Å². The van der Waals surface area contributed by atoms with Crippen LogP contribution in [-0.4, -0.2) is 61.6 Å². The molecule has 0 atom stereocenters. The van der Waals surface area contributed by atoms with Gasteiger partial charge in [-0.15, -0.1) is 24.8 Å². The van der Waals surface area contributed by atoms with Crippen LogP contribution in [0.25, 0.3) is 0 Å². The molecule has 7 heteroatoms. The Morgan fingerprint density at radius 2 is 1.73 bits per heavy atom. The molecule has 3 rings (SSSR count). The van der Waals surface area contributed by atoms with Crippen molar-refractivity contribution < 1.29 is 9.53 Å². The molecule has 1 aromatic carbocycles. The monoisotopic (exact) mass is 403 g/mol. The molecule has 5 nitrogen and oxygen atoms in total. The molecular formula is C19H31Cl2N3O2. The number of piperazine rings is 1. The first kappa shape index (κ1) is 23.0. The Bertz CT molecular complexity index is 545. The smallest absolute Gasteiger partial charge is 0.222 e. The highest BCUT2D eigenvalue weighted by Crippen LogP contribution is 2.18. The molecule has 1 amide bonds. The maximum atomic E-state index is 12.4. The average molecular weight is 404 g/mol. The second kappa shape index (κ2) is 11.7. The fraction of sp³-hybridized carbons (Fsp3) is 0.632. The van der Waals surface area contributed by atoms with Crippen LogP contribution in [0, 0.1) is 5.92 Å². The minimum atomic E-state index is 0. The molecular weight excluding hydrogens is 373 g/mol. The van der Waals surface area contributed by atoms with Crippen LogP contribution in [0.3, 0.4) is 0 Å². The van der Waals surface area contributed by atoms with Gasteiger partial charge in [-0.25, -0.2) is 0 Å². The number of halogens is 2. The lowest BCUT2D eigenvalue weighted by molar-refractivity contribution is -0.133. The molecule has 26 heavy (non-hydrogen) atoms. The van der Waals surface area contributed by atoms with E-state index in [-0.39, 0.29) is 30.7 Å². The second-order valence-corrected chi connectivity index (χ2v) is 6.94. The first-order valence-electron chi connectivity index (χ1n) is 9.13. The van der Waals surface area contributed by atoms with E-state index < -0.39 is 0 Å². The van der Waals surface area contributed by atoms with Gasteiger partial charge in [0, 0.05) is 58.0 Å². The van der Waals surface area contributed by atoms with Gasteiger partial charge in [0.2, 0.25) is 5.91 Å². The number of anilines is 1. The third kappa shape index (κ3) is 6.62. The van der Waals surface area contributed by atoms with Crippen molar-refractivity contribution in [2.75, 3.05) is 51.7 Å². The number of benzene rings is 1. The van der Waals surface area contributed by atoms with Gasteiger partial charge < -0.3 is 15.4 Å². The van der Waals surface area contributed by atoms with E-state index in [1.165, 1.54) is 12.8 Å². The highest BCUT2D eigenvalue weighted by molar-refractivity contribution is 5.85. The lowest BCUT2D eigenvalue weighted by atomic mass is 9.99. The number of hydrogen-bond acceptors (Lipinski definition) is 4. The number of aryl methyl sites for hydroxylation is 1. The van der Waals surface area contributed by atoms with E-state index in [4.69, 9.17) is 10.5 Å². The van der Waals surface area contributed by atoms with Crippen molar-refractivity contribution in [1.82, 2.24) is 9.80 Å². The van der Waals surface area contributed by atoms with E-state index in [0.717, 1.165) is 69.5 Å². The number of carbonyl (C=O) groups excluding carboxylic acids is 1. The molecule has 0 spiro atoms. The average Bonchev–Trinajstić information content (AvgIpc) is 2.62. The highest BCUT2D eigenvalue weighted by Gasteiger charge is 2.23. The van der Waals surface area contributed by atoms with Crippen LogP contribution in [0.15, 0.2) is 24.3 Å². The van der Waals surface area contributed by atoms with Crippen molar-refractivity contribution in [3.63, 3.8) is 0 Å². The Labute approximate surface area is 169 Å². The molecule has 2 aliphatic rings. The first-order valence-corrected chi connectivity index (χ1v) is 9.13. The summed E-state index contributed by atoms with van der Waals surface area (Å²) in [5, 5.41) is 0. The molecule has 2 saturated heterocycles. The molecule has 148 valence electrons. The fourth-order valence-electron chi connectivity index (χ4n) is 3.64. The topological polar surface area (TPSA) is 58.8 Å². The van der Waals surface area contributed by atoms with Crippen molar-refractivity contribution >= 4 is 36.4 Å². The maximum Gasteiger partial charge on any atom is 0.222 e. The first-order chi connectivity index (χ1) is 11.7. The Hall–Kier alpha value is -1.01. The predicted octanol–water partition coefficient (Wildman–Crippen LogP) is 2.62. The second-order valence-electron chi connectivity index (χ2n) is 6.94. The summed E-state index contributed by atoms with van der Waals surface area (Å²) < 4.78 is 5.43. The van der Waals surface area contributed by atoms with Crippen LogP contribution in [0.4, 0.5) is 5.69 Å². The van der Waals surface area contributed by atoms with Crippen molar-refractivity contribution in [2.24, 2.45) is 5.92 Å². The van der Waals surface area contributed by atoms with Gasteiger partial charge in [0.15, 0.2) is 0 Å². The van der Waals surface area contributed by atoms with Crippen LogP contribution in [0.5, 0.6) is 0 Å². The summed E-state index contributed by atoms with van der Waals surface area (Å²) in [6, 6.07) is 7.81. The van der Waals surface area contributed by atoms with Crippen LogP contribution in [-0.2, 0) is 16.0 Å². The number of hydrogen-bond donors (Lipinski definition) is 1. The number of nitrogen functional groups attached to an aromatic ring is 1. The summed E-state index contributed by atoms with van der Waals surface area (Å²) in [4.78, 5) is 17.0. The molecule has 2 fully saturated rings. The minimum Gasteiger partial charge on any atom is -0.399 e. The molecule has 2 aliphatic heterocycles. The van der Waals surface area contributed by atoms with E-state index in [2.05, 4.69) is 4.90 Å². The number of rotatable bonds is 5. The molecule has 0 aliphatic carbocycles. The third-order valence-electron chi connectivity index (χ3n) is 5.25. The van der Waals surface area contributed by atoms with E-state index in [0.29, 0.717) is 6.42 Å². The van der Waals surface area contributed by atoms with E-state index in [1.54, 1.807) is 0 Å². The Morgan fingerprint density at radius 3 is 2.38 bits per heavy atom. The third-order valence-corrected chi connectivity index (χ3v) is 5.25. The van der Waals surface area contributed by atoms with E-state index >= 15 is 0 Å². The summed E-state index contributed by atoms with van der Waals surface area (Å²) in [7, 11) is 0. The van der Waals surface area contributed by atoms with E-state index in [1.807, 2.05) is 29.2 Å². The van der Waals surface area contributed by atoms with Gasteiger partial charge in [-0.1, -0.05) is 18.2 Å². The largest absolute Gasteiger partial charge is 0.399 e. The molecule has 0 saturated carbocycles. The zero-order valence-corrected chi connectivity index (χ0v) is 16.9. The zero-order chi connectivity index (χ0) is 16.8. The van der Waals surface area contributed by atoms with Gasteiger partial charge in [-0.3, -0.25) is 9.69 Å². The van der Waals surface area contributed by atoms with Crippen molar-refractivity contribution in [3.8, 4) is 0 Å². The minimum absolute atomic E-state index is 0. The lowest BCUT2D eigenvalue weighted by Crippen LogP contribution is -2.50. The summed E-state index contributed by atoms with van der Waals surface area (Å²) in [6.45, 7) is 6.68. The van der Waals surface area contributed by atoms with Gasteiger partial charge in [-0.2, -0.15) is 0 Å². The number of amides is 1. The van der Waals surface area contributed by atoms with Crippen molar-refractivity contribution in [1.29, 1.82) is 0 Å². The van der Waals surface area contributed by atoms with Gasteiger partial charge in [0.05, 0.1) is 0 Å². The predicted molar refractivity (Wildman–Crippen MR) is 110 cm³/mol. The summed E-state index contributed by atoms with van der Waals surface area (Å²) in [6.07, 6.45) is 3.64. The van der Waals surface area contributed by atoms with Crippen LogP contribution in [0.2, 0.25) is 0 Å². The van der Waals surface area contributed by atoms with Crippen LogP contribution < -0.4 is 5.73 Å². The van der Waals surface area contributed by atoms with Gasteiger partial charge in [0.25, 0.3) is 0 Å². The van der Waals surface area contributed by atoms with E-state index in [9.17, 15) is 4.79 Å². The normalized spacial score (nSPS) is 18.7. The van der Waals surface area contributed by atoms with Crippen molar-refractivity contribution in [3.05, 3.63) is 29.8 Å². The number of ether oxygens (including phenoxy) is 1. The molecule has 0 aromatic heterocycles. The quantitative estimate of drug-likeness (QED) is 0.767. The summed E-state index contributed by atoms with van der Waals surface area (Å²) in [5.74, 6) is 1.02. The van der Waals surface area contributed by atoms with Crippen molar-refractivity contribution in [2.45, 2.75) is 25.7 Å². The SMILES string of the molecule is Cl.Cl.Nc1ccccc1CCC(=O)N1CCN(CC2CCOCC2)CC1. The number of nitrogens with zero attached hydrogens (tertiary/aromatic N) is 2. The standard InChI is InChI=1S/C19H29N3O2.2ClH/c20-18-4-2-1-3-17(18)5-6-19(23)22-11-9-21(10-12-22)15-16-7-13-24-14-8-16;;/h1-4,16H,5-15,20H2;2*1H. The molecule has 1 aromatic rings. The van der Waals surface area contributed by atoms with Crippen LogP contribution in [0.1, 0.15) is 24.8 Å². The molecule has 0 radical (unpaired) electrons. The maximum absolute atomic E-state index is 12.4. The summed E-state index contributed by atoms with van der Waals surface area (Å²) in [5.41, 5.74) is 7.81. The van der Waals surface area contributed by atoms with Crippen LogP contribution >= 0.6 is 24.8 Å². The Balaban J connectivity index is 0.00000169. The number of nitrogens with two attached hydrogens (primary N) is 1. The molecule has 2 N–H and O–H groups in total. The van der Waals surface area contributed by atoms with Gasteiger partial charge in [-0.05, 0) is 36.8 Å². The molecule has 0 bridgehead atoms. The number of para-hydroxylation sites is 1. The zero-order valence-electron chi connectivity index (χ0n) is 15.3. The number of carbonyl (C=O) groups is 1. The summed E-state index contributed by atoms with van der Waals surface area (Å²) >= 11 is 0. The molecule has 2 heterocycles. The highest BCUT2D eigenvalue weighted by atomic mass is 35.5. The Morgan fingerprint density at radius 1 is 1.08 bits per heavy atom. The molecule has 0 unspecified atom stereocenters. The lowest BCUT2D eigenvalue weighted by Gasteiger charge is -2.37. The Kier molecular flexibility index (Phi) is 10.3. The fourth-order valence-corrected chi connectivity index (χ4v) is 3.64.